The Morgan fingerprint density at radius 1 is 1.26 bits per heavy atom. The normalized spacial score (nSPS) is 13.1. The molecule has 120 valence electrons. The minimum atomic E-state index is -3.47. The van der Waals surface area contributed by atoms with Crippen molar-refractivity contribution < 1.29 is 8.42 Å². The predicted molar refractivity (Wildman–Crippen MR) is 86.4 cm³/mol. The number of H-pyrrole nitrogens is 1. The minimum absolute atomic E-state index is 0.144. The maximum absolute atomic E-state index is 11.9. The average Bonchev–Trinajstić information content (AvgIpc) is 3.04. The number of aromatic nitrogens is 4. The Kier molecular flexibility index (Phi) is 3.97. The SMILES string of the molecule is CNS(=O)(=O)c1cccc(C(C)Nc2ncnc3[nH]ncc23)c1. The molecule has 0 saturated carbocycles. The van der Waals surface area contributed by atoms with Crippen molar-refractivity contribution in [3.8, 4) is 0 Å². The van der Waals surface area contributed by atoms with E-state index in [0.29, 0.717) is 11.5 Å². The Morgan fingerprint density at radius 3 is 2.87 bits per heavy atom. The first-order valence-corrected chi connectivity index (χ1v) is 8.43. The molecule has 0 amide bonds. The molecule has 0 saturated heterocycles. The Hall–Kier alpha value is -2.52. The fourth-order valence-corrected chi connectivity index (χ4v) is 3.02. The largest absolute Gasteiger partial charge is 0.363 e. The van der Waals surface area contributed by atoms with Gasteiger partial charge in [0.1, 0.15) is 12.1 Å². The van der Waals surface area contributed by atoms with Gasteiger partial charge < -0.3 is 5.32 Å². The van der Waals surface area contributed by atoms with Crippen molar-refractivity contribution in [1.82, 2.24) is 24.9 Å². The number of nitrogens with one attached hydrogen (secondary N) is 3. The van der Waals surface area contributed by atoms with E-state index in [9.17, 15) is 8.42 Å². The summed E-state index contributed by atoms with van der Waals surface area (Å²) in [7, 11) is -2.08. The van der Waals surface area contributed by atoms with E-state index in [4.69, 9.17) is 0 Å². The molecular formula is C14H16N6O2S. The van der Waals surface area contributed by atoms with E-state index in [2.05, 4.69) is 30.2 Å². The van der Waals surface area contributed by atoms with Crippen LogP contribution in [0.4, 0.5) is 5.82 Å². The van der Waals surface area contributed by atoms with E-state index in [1.165, 1.54) is 13.4 Å². The molecule has 8 nitrogen and oxygen atoms in total. The van der Waals surface area contributed by atoms with E-state index in [-0.39, 0.29) is 10.9 Å². The second-order valence-electron chi connectivity index (χ2n) is 5.00. The number of aromatic amines is 1. The third kappa shape index (κ3) is 3.01. The van der Waals surface area contributed by atoms with Gasteiger partial charge in [0, 0.05) is 0 Å². The Bertz CT molecular complexity index is 937. The molecule has 1 unspecified atom stereocenters. The molecule has 1 atom stereocenters. The first-order valence-electron chi connectivity index (χ1n) is 6.95. The minimum Gasteiger partial charge on any atom is -0.363 e. The molecule has 9 heteroatoms. The van der Waals surface area contributed by atoms with E-state index in [0.717, 1.165) is 10.9 Å². The second-order valence-corrected chi connectivity index (χ2v) is 6.89. The molecule has 0 radical (unpaired) electrons. The molecule has 0 aliphatic heterocycles. The van der Waals surface area contributed by atoms with Gasteiger partial charge in [0.05, 0.1) is 22.5 Å². The lowest BCUT2D eigenvalue weighted by Gasteiger charge is -2.16. The molecule has 0 bridgehead atoms. The lowest BCUT2D eigenvalue weighted by atomic mass is 10.1. The van der Waals surface area contributed by atoms with Gasteiger partial charge in [0.25, 0.3) is 0 Å². The van der Waals surface area contributed by atoms with Crippen LogP contribution in [0.1, 0.15) is 18.5 Å². The summed E-state index contributed by atoms with van der Waals surface area (Å²) in [6.45, 7) is 1.93. The number of anilines is 1. The number of rotatable bonds is 5. The Morgan fingerprint density at radius 2 is 2.09 bits per heavy atom. The summed E-state index contributed by atoms with van der Waals surface area (Å²) < 4.78 is 26.1. The van der Waals surface area contributed by atoms with E-state index >= 15 is 0 Å². The molecule has 1 aromatic carbocycles. The zero-order chi connectivity index (χ0) is 16.4. The highest BCUT2D eigenvalue weighted by molar-refractivity contribution is 7.89. The number of sulfonamides is 1. The zero-order valence-corrected chi connectivity index (χ0v) is 13.4. The number of hydrogen-bond acceptors (Lipinski definition) is 6. The summed E-state index contributed by atoms with van der Waals surface area (Å²) in [6, 6.07) is 6.62. The maximum atomic E-state index is 11.9. The molecule has 0 spiro atoms. The number of nitrogens with zero attached hydrogens (tertiary/aromatic N) is 3. The fourth-order valence-electron chi connectivity index (χ4n) is 2.24. The summed E-state index contributed by atoms with van der Waals surface area (Å²) in [5, 5.41) is 10.8. The van der Waals surface area contributed by atoms with E-state index in [1.807, 2.05) is 13.0 Å². The molecule has 3 aromatic rings. The van der Waals surface area contributed by atoms with Gasteiger partial charge in [-0.3, -0.25) is 5.10 Å². The highest BCUT2D eigenvalue weighted by Gasteiger charge is 2.15. The van der Waals surface area contributed by atoms with Crippen molar-refractivity contribution in [2.75, 3.05) is 12.4 Å². The van der Waals surface area contributed by atoms with Gasteiger partial charge in [-0.15, -0.1) is 0 Å². The monoisotopic (exact) mass is 332 g/mol. The van der Waals surface area contributed by atoms with Crippen LogP contribution in [-0.2, 0) is 10.0 Å². The lowest BCUT2D eigenvalue weighted by Crippen LogP contribution is -2.19. The molecular weight excluding hydrogens is 316 g/mol. The fraction of sp³-hybridized carbons (Fsp3) is 0.214. The van der Waals surface area contributed by atoms with Crippen molar-refractivity contribution in [2.24, 2.45) is 0 Å². The first-order chi connectivity index (χ1) is 11.0. The highest BCUT2D eigenvalue weighted by Crippen LogP contribution is 2.24. The van der Waals surface area contributed by atoms with Gasteiger partial charge >= 0.3 is 0 Å². The number of hydrogen-bond donors (Lipinski definition) is 3. The molecule has 3 N–H and O–H groups in total. The van der Waals surface area contributed by atoms with E-state index in [1.54, 1.807) is 24.4 Å². The van der Waals surface area contributed by atoms with Gasteiger partial charge in [0.2, 0.25) is 10.0 Å². The van der Waals surface area contributed by atoms with Crippen LogP contribution >= 0.6 is 0 Å². The molecule has 3 rings (SSSR count). The molecule has 2 heterocycles. The first kappa shape index (κ1) is 15.4. The maximum Gasteiger partial charge on any atom is 0.240 e. The quantitative estimate of drug-likeness (QED) is 0.651. The second kappa shape index (κ2) is 5.94. The molecule has 0 fully saturated rings. The predicted octanol–water partition coefficient (Wildman–Crippen LogP) is 1.43. The van der Waals surface area contributed by atoms with Gasteiger partial charge in [0.15, 0.2) is 5.65 Å². The van der Waals surface area contributed by atoms with Crippen molar-refractivity contribution >= 4 is 26.9 Å². The number of benzene rings is 1. The van der Waals surface area contributed by atoms with Crippen molar-refractivity contribution in [3.63, 3.8) is 0 Å². The molecule has 23 heavy (non-hydrogen) atoms. The van der Waals surface area contributed by atoms with Crippen LogP contribution < -0.4 is 10.0 Å². The van der Waals surface area contributed by atoms with E-state index < -0.39 is 10.0 Å². The molecule has 0 aliphatic rings. The molecule has 0 aliphatic carbocycles. The van der Waals surface area contributed by atoms with Gasteiger partial charge in [-0.25, -0.2) is 23.1 Å². The van der Waals surface area contributed by atoms with Crippen LogP contribution in [0, 0.1) is 0 Å². The van der Waals surface area contributed by atoms with Gasteiger partial charge in [-0.05, 0) is 31.7 Å². The third-order valence-corrected chi connectivity index (χ3v) is 4.95. The van der Waals surface area contributed by atoms with Crippen LogP contribution in [0.3, 0.4) is 0 Å². The van der Waals surface area contributed by atoms with Crippen LogP contribution in [0.2, 0.25) is 0 Å². The van der Waals surface area contributed by atoms with Crippen molar-refractivity contribution in [2.45, 2.75) is 17.9 Å². The summed E-state index contributed by atoms with van der Waals surface area (Å²) >= 11 is 0. The molecule has 2 aromatic heterocycles. The van der Waals surface area contributed by atoms with Crippen LogP contribution in [0.15, 0.2) is 41.7 Å². The van der Waals surface area contributed by atoms with Crippen molar-refractivity contribution in [3.05, 3.63) is 42.4 Å². The summed E-state index contributed by atoms with van der Waals surface area (Å²) in [5.74, 6) is 0.637. The Balaban J connectivity index is 1.91. The zero-order valence-electron chi connectivity index (χ0n) is 12.6. The van der Waals surface area contributed by atoms with Crippen LogP contribution in [0.5, 0.6) is 0 Å². The van der Waals surface area contributed by atoms with Crippen molar-refractivity contribution in [1.29, 1.82) is 0 Å². The Labute approximate surface area is 133 Å². The average molecular weight is 332 g/mol. The summed E-state index contributed by atoms with van der Waals surface area (Å²) in [5.41, 5.74) is 1.47. The lowest BCUT2D eigenvalue weighted by molar-refractivity contribution is 0.588. The number of fused-ring (bicyclic) bond motifs is 1. The highest BCUT2D eigenvalue weighted by atomic mass is 32.2. The van der Waals surface area contributed by atoms with Crippen LogP contribution in [-0.4, -0.2) is 35.6 Å². The standard InChI is InChI=1S/C14H16N6O2S/c1-9(10-4-3-5-11(6-10)23(21,22)15-2)19-13-12-7-18-20-14(12)17-8-16-13/h3-9,15H,1-2H3,(H2,16,17,18,19,20). The summed E-state index contributed by atoms with van der Waals surface area (Å²) in [4.78, 5) is 8.53. The smallest absolute Gasteiger partial charge is 0.240 e. The van der Waals surface area contributed by atoms with Gasteiger partial charge in [-0.1, -0.05) is 12.1 Å². The summed E-state index contributed by atoms with van der Waals surface area (Å²) in [6.07, 6.45) is 3.09. The topological polar surface area (TPSA) is 113 Å². The van der Waals surface area contributed by atoms with Gasteiger partial charge in [-0.2, -0.15) is 5.10 Å². The van der Waals surface area contributed by atoms with Crippen LogP contribution in [0.25, 0.3) is 11.0 Å². The third-order valence-electron chi connectivity index (χ3n) is 3.54.